The van der Waals surface area contributed by atoms with Crippen molar-refractivity contribution in [1.82, 2.24) is 10.2 Å². The summed E-state index contributed by atoms with van der Waals surface area (Å²) < 4.78 is 6.30. The van der Waals surface area contributed by atoms with Crippen LogP contribution in [-0.2, 0) is 21.5 Å². The molecule has 1 spiro atoms. The van der Waals surface area contributed by atoms with Gasteiger partial charge in [-0.25, -0.2) is 0 Å². The Morgan fingerprint density at radius 2 is 2.00 bits per heavy atom. The molecule has 1 aromatic carbocycles. The minimum Gasteiger partial charge on any atom is -0.370 e. The normalized spacial score (nSPS) is 27.5. The predicted molar refractivity (Wildman–Crippen MR) is 105 cm³/mol. The molecule has 2 atom stereocenters. The van der Waals surface area contributed by atoms with E-state index in [-0.39, 0.29) is 23.0 Å². The molecule has 4 nitrogen and oxygen atoms in total. The number of amides is 1. The maximum Gasteiger partial charge on any atom is 0.217 e. The molecule has 144 valence electrons. The number of ether oxygens (including phenoxy) is 1. The summed E-state index contributed by atoms with van der Waals surface area (Å²) in [6.45, 7) is 11.9. The summed E-state index contributed by atoms with van der Waals surface area (Å²) in [6.07, 6.45) is 4.42. The third kappa shape index (κ3) is 4.47. The lowest BCUT2D eigenvalue weighted by atomic mass is 9.78. The Morgan fingerprint density at radius 3 is 2.65 bits per heavy atom. The zero-order valence-electron chi connectivity index (χ0n) is 16.8. The molecule has 1 saturated carbocycles. The smallest absolute Gasteiger partial charge is 0.217 e. The van der Waals surface area contributed by atoms with Crippen LogP contribution in [0.25, 0.3) is 0 Å². The molecule has 2 aliphatic rings. The third-order valence-electron chi connectivity index (χ3n) is 5.87. The number of nitrogens with one attached hydrogen (secondary N) is 1. The zero-order chi connectivity index (χ0) is 18.8. The van der Waals surface area contributed by atoms with Crippen molar-refractivity contribution in [2.75, 3.05) is 19.7 Å². The lowest BCUT2D eigenvalue weighted by molar-refractivity contribution is -0.150. The molecule has 0 bridgehead atoms. The van der Waals surface area contributed by atoms with Gasteiger partial charge in [0.1, 0.15) is 5.60 Å². The first-order chi connectivity index (χ1) is 12.3. The Morgan fingerprint density at radius 1 is 1.27 bits per heavy atom. The van der Waals surface area contributed by atoms with Gasteiger partial charge in [0.15, 0.2) is 0 Å². The summed E-state index contributed by atoms with van der Waals surface area (Å²) in [7, 11) is 0. The van der Waals surface area contributed by atoms with Crippen molar-refractivity contribution in [3.05, 3.63) is 35.4 Å². The maximum atomic E-state index is 11.6. The van der Waals surface area contributed by atoms with Crippen molar-refractivity contribution in [3.63, 3.8) is 0 Å². The molecule has 4 heteroatoms. The number of hydrogen-bond donors (Lipinski definition) is 1. The summed E-state index contributed by atoms with van der Waals surface area (Å²) in [4.78, 5) is 14.1. The van der Waals surface area contributed by atoms with Crippen molar-refractivity contribution in [3.8, 4) is 0 Å². The van der Waals surface area contributed by atoms with Gasteiger partial charge in [-0.15, -0.1) is 0 Å². The number of rotatable bonds is 3. The van der Waals surface area contributed by atoms with Gasteiger partial charge in [0.25, 0.3) is 0 Å². The van der Waals surface area contributed by atoms with E-state index in [4.69, 9.17) is 4.74 Å². The molecule has 1 N–H and O–H groups in total. The second-order valence-corrected chi connectivity index (χ2v) is 9.07. The van der Waals surface area contributed by atoms with Crippen molar-refractivity contribution in [2.24, 2.45) is 0 Å². The van der Waals surface area contributed by atoms with E-state index in [1.165, 1.54) is 24.0 Å². The minimum atomic E-state index is -0.215. The Balaban J connectivity index is 1.68. The Bertz CT molecular complexity index is 616. The molecule has 26 heavy (non-hydrogen) atoms. The molecule has 0 aromatic heterocycles. The first-order valence-electron chi connectivity index (χ1n) is 10.0. The van der Waals surface area contributed by atoms with Crippen LogP contribution in [0.3, 0.4) is 0 Å². The number of morpholine rings is 1. The van der Waals surface area contributed by atoms with Crippen molar-refractivity contribution in [2.45, 2.75) is 77.0 Å². The van der Waals surface area contributed by atoms with Gasteiger partial charge in [0, 0.05) is 26.6 Å². The van der Waals surface area contributed by atoms with Crippen LogP contribution in [0.15, 0.2) is 24.3 Å². The number of benzene rings is 1. The van der Waals surface area contributed by atoms with Gasteiger partial charge in [0.2, 0.25) is 5.91 Å². The number of carbonyl (C=O) groups excluding carboxylic acids is 1. The molecule has 3 rings (SSSR count). The Labute approximate surface area is 158 Å². The van der Waals surface area contributed by atoms with E-state index in [9.17, 15) is 4.79 Å². The number of carbonyl (C=O) groups is 1. The van der Waals surface area contributed by atoms with Gasteiger partial charge in [0.05, 0.1) is 12.6 Å². The molecule has 2 fully saturated rings. The van der Waals surface area contributed by atoms with E-state index < -0.39 is 0 Å². The van der Waals surface area contributed by atoms with E-state index in [1.54, 1.807) is 6.92 Å². The zero-order valence-corrected chi connectivity index (χ0v) is 16.8. The number of hydrogen-bond acceptors (Lipinski definition) is 3. The molecule has 1 aliphatic carbocycles. The van der Waals surface area contributed by atoms with Crippen LogP contribution in [0.2, 0.25) is 0 Å². The van der Waals surface area contributed by atoms with Gasteiger partial charge < -0.3 is 10.1 Å². The first-order valence-corrected chi connectivity index (χ1v) is 10.0. The molecule has 0 unspecified atom stereocenters. The number of nitrogens with zero attached hydrogens (tertiary/aromatic N) is 1. The summed E-state index contributed by atoms with van der Waals surface area (Å²) in [6, 6.07) is 9.17. The Hall–Kier alpha value is -1.39. The first kappa shape index (κ1) is 19.4. The average Bonchev–Trinajstić information content (AvgIpc) is 2.57. The largest absolute Gasteiger partial charge is 0.370 e. The molecule has 1 saturated heterocycles. The van der Waals surface area contributed by atoms with E-state index in [0.717, 1.165) is 39.1 Å². The lowest BCUT2D eigenvalue weighted by Crippen LogP contribution is -2.63. The van der Waals surface area contributed by atoms with Crippen LogP contribution in [0.1, 0.15) is 64.5 Å². The second kappa shape index (κ2) is 7.69. The van der Waals surface area contributed by atoms with E-state index in [1.807, 2.05) is 0 Å². The van der Waals surface area contributed by atoms with Gasteiger partial charge in [-0.2, -0.15) is 0 Å². The highest BCUT2D eigenvalue weighted by atomic mass is 16.5. The third-order valence-corrected chi connectivity index (χ3v) is 5.87. The molecule has 1 heterocycles. The van der Waals surface area contributed by atoms with Crippen LogP contribution in [-0.4, -0.2) is 42.1 Å². The molecule has 1 amide bonds. The van der Waals surface area contributed by atoms with Gasteiger partial charge in [-0.3, -0.25) is 9.69 Å². The van der Waals surface area contributed by atoms with Crippen molar-refractivity contribution in [1.29, 1.82) is 0 Å². The predicted octanol–water partition coefficient (Wildman–Crippen LogP) is 3.63. The molecular weight excluding hydrogens is 324 g/mol. The van der Waals surface area contributed by atoms with E-state index in [2.05, 4.69) is 55.3 Å². The highest BCUT2D eigenvalue weighted by Crippen LogP contribution is 2.35. The molecular formula is C22H34N2O2. The van der Waals surface area contributed by atoms with Crippen molar-refractivity contribution < 1.29 is 9.53 Å². The van der Waals surface area contributed by atoms with Crippen LogP contribution in [0, 0.1) is 0 Å². The van der Waals surface area contributed by atoms with Gasteiger partial charge in [-0.05, 0) is 29.4 Å². The van der Waals surface area contributed by atoms with Crippen LogP contribution in [0.5, 0.6) is 0 Å². The highest BCUT2D eigenvalue weighted by Gasteiger charge is 2.45. The maximum absolute atomic E-state index is 11.6. The SMILES string of the molecule is CC(=O)N[C@H]1CCCC[C@@]12CN(Cc1ccc(C(C)(C)C)cc1)CCO2. The fourth-order valence-corrected chi connectivity index (χ4v) is 4.41. The van der Waals surface area contributed by atoms with Crippen LogP contribution < -0.4 is 5.32 Å². The van der Waals surface area contributed by atoms with E-state index in [0.29, 0.717) is 0 Å². The summed E-state index contributed by atoms with van der Waals surface area (Å²) >= 11 is 0. The summed E-state index contributed by atoms with van der Waals surface area (Å²) in [5.41, 5.74) is 2.70. The monoisotopic (exact) mass is 358 g/mol. The summed E-state index contributed by atoms with van der Waals surface area (Å²) in [5, 5.41) is 3.16. The quantitative estimate of drug-likeness (QED) is 0.897. The van der Waals surface area contributed by atoms with Crippen LogP contribution in [0.4, 0.5) is 0 Å². The Kier molecular flexibility index (Phi) is 5.73. The van der Waals surface area contributed by atoms with Gasteiger partial charge >= 0.3 is 0 Å². The highest BCUT2D eigenvalue weighted by molar-refractivity contribution is 5.73. The standard InChI is InChI=1S/C22H34N2O2/c1-17(25)23-20-7-5-6-12-22(20)16-24(13-14-26-22)15-18-8-10-19(11-9-18)21(2,3)4/h8-11,20H,5-7,12-16H2,1-4H3,(H,23,25)/t20-,22+/m0/s1. The fraction of sp³-hybridized carbons (Fsp3) is 0.682. The van der Waals surface area contributed by atoms with Gasteiger partial charge in [-0.1, -0.05) is 57.9 Å². The molecule has 1 aromatic rings. The summed E-state index contributed by atoms with van der Waals surface area (Å²) in [5.74, 6) is 0.0507. The fourth-order valence-electron chi connectivity index (χ4n) is 4.41. The molecule has 1 aliphatic heterocycles. The van der Waals surface area contributed by atoms with E-state index >= 15 is 0 Å². The lowest BCUT2D eigenvalue weighted by Gasteiger charge is -2.49. The molecule has 0 radical (unpaired) electrons. The topological polar surface area (TPSA) is 41.6 Å². The average molecular weight is 359 g/mol. The minimum absolute atomic E-state index is 0.0507. The van der Waals surface area contributed by atoms with Crippen LogP contribution >= 0.6 is 0 Å². The second-order valence-electron chi connectivity index (χ2n) is 9.07. The van der Waals surface area contributed by atoms with Crippen molar-refractivity contribution >= 4 is 5.91 Å².